The van der Waals surface area contributed by atoms with E-state index in [2.05, 4.69) is 17.0 Å². The van der Waals surface area contributed by atoms with E-state index in [0.29, 0.717) is 26.2 Å². The molecule has 1 saturated heterocycles. The lowest BCUT2D eigenvalue weighted by molar-refractivity contribution is 0.0932. The number of carbonyl (C=O) groups is 1. The van der Waals surface area contributed by atoms with Gasteiger partial charge in [0.25, 0.3) is 0 Å². The van der Waals surface area contributed by atoms with Crippen LogP contribution in [0.2, 0.25) is 0 Å². The Morgan fingerprint density at radius 1 is 0.870 bits per heavy atom. The van der Waals surface area contributed by atoms with Gasteiger partial charge < -0.3 is 15.1 Å². The first-order valence-electron chi connectivity index (χ1n) is 7.71. The fourth-order valence-corrected chi connectivity index (χ4v) is 3.08. The van der Waals surface area contributed by atoms with Crippen LogP contribution < -0.4 is 0 Å². The molecule has 1 amide bonds. The highest BCUT2D eigenvalue weighted by atomic mass is 16.4. The summed E-state index contributed by atoms with van der Waals surface area (Å²) < 4.78 is 0. The number of rotatable bonds is 3. The standard InChI is InChI=1S/C18H20N2O3/c21-16-8-6-15(7-9-16)17(14-4-2-1-3-5-14)19-10-12-20(13-11-19)18(22)23/h1-9,17,21H,10-13H2,(H,22,23). The van der Waals surface area contributed by atoms with E-state index < -0.39 is 6.09 Å². The minimum atomic E-state index is -0.856. The molecule has 1 atom stereocenters. The van der Waals surface area contributed by atoms with Crippen molar-refractivity contribution in [3.8, 4) is 5.75 Å². The number of hydrogen-bond acceptors (Lipinski definition) is 3. The third-order valence-electron chi connectivity index (χ3n) is 4.27. The minimum absolute atomic E-state index is 0.0627. The van der Waals surface area contributed by atoms with E-state index in [1.54, 1.807) is 12.1 Å². The number of benzene rings is 2. The number of phenolic OH excluding ortho intramolecular Hbond substituents is 1. The van der Waals surface area contributed by atoms with E-state index in [1.165, 1.54) is 10.5 Å². The first-order chi connectivity index (χ1) is 11.1. The number of nitrogens with zero attached hydrogens (tertiary/aromatic N) is 2. The molecule has 1 aliphatic rings. The Morgan fingerprint density at radius 3 is 2.00 bits per heavy atom. The van der Waals surface area contributed by atoms with Gasteiger partial charge in [0.2, 0.25) is 0 Å². The fraction of sp³-hybridized carbons (Fsp3) is 0.278. The Labute approximate surface area is 135 Å². The summed E-state index contributed by atoms with van der Waals surface area (Å²) in [7, 11) is 0. The van der Waals surface area contributed by atoms with Gasteiger partial charge >= 0.3 is 6.09 Å². The molecule has 1 fully saturated rings. The summed E-state index contributed by atoms with van der Waals surface area (Å²) >= 11 is 0. The molecule has 3 rings (SSSR count). The summed E-state index contributed by atoms with van der Waals surface area (Å²) in [6.07, 6.45) is -0.856. The summed E-state index contributed by atoms with van der Waals surface area (Å²) in [5, 5.41) is 18.6. The van der Waals surface area contributed by atoms with Gasteiger partial charge in [0.15, 0.2) is 0 Å². The van der Waals surface area contributed by atoms with E-state index in [9.17, 15) is 9.90 Å². The van der Waals surface area contributed by atoms with Crippen molar-refractivity contribution in [2.75, 3.05) is 26.2 Å². The van der Waals surface area contributed by atoms with Gasteiger partial charge in [-0.2, -0.15) is 0 Å². The number of amides is 1. The SMILES string of the molecule is O=C(O)N1CCN(C(c2ccccc2)c2ccc(O)cc2)CC1. The molecule has 0 saturated carbocycles. The predicted octanol–water partition coefficient (Wildman–Crippen LogP) is 2.78. The van der Waals surface area contributed by atoms with Crippen LogP contribution >= 0.6 is 0 Å². The monoisotopic (exact) mass is 312 g/mol. The van der Waals surface area contributed by atoms with Crippen molar-refractivity contribution in [2.24, 2.45) is 0 Å². The number of carboxylic acid groups (broad SMARTS) is 1. The number of hydrogen-bond donors (Lipinski definition) is 2. The molecule has 23 heavy (non-hydrogen) atoms. The quantitative estimate of drug-likeness (QED) is 0.915. The van der Waals surface area contributed by atoms with Gasteiger partial charge in [-0.05, 0) is 23.3 Å². The molecular formula is C18H20N2O3. The molecule has 1 aliphatic heterocycles. The van der Waals surface area contributed by atoms with Crippen molar-refractivity contribution in [3.05, 3.63) is 65.7 Å². The Balaban J connectivity index is 1.87. The van der Waals surface area contributed by atoms with Crippen molar-refractivity contribution in [2.45, 2.75) is 6.04 Å². The second kappa shape index (κ2) is 6.71. The molecule has 5 heteroatoms. The highest BCUT2D eigenvalue weighted by Gasteiger charge is 2.27. The lowest BCUT2D eigenvalue weighted by Crippen LogP contribution is -2.49. The Bertz CT molecular complexity index is 650. The lowest BCUT2D eigenvalue weighted by Gasteiger charge is -2.38. The fourth-order valence-electron chi connectivity index (χ4n) is 3.08. The van der Waals surface area contributed by atoms with Gasteiger partial charge in [-0.3, -0.25) is 4.90 Å². The van der Waals surface area contributed by atoms with Crippen LogP contribution in [-0.4, -0.2) is 52.3 Å². The summed E-state index contributed by atoms with van der Waals surface area (Å²) in [5.74, 6) is 0.247. The molecule has 1 unspecified atom stereocenters. The average Bonchev–Trinajstić information content (AvgIpc) is 2.58. The van der Waals surface area contributed by atoms with Crippen LogP contribution in [0.3, 0.4) is 0 Å². The molecule has 0 aliphatic carbocycles. The van der Waals surface area contributed by atoms with Gasteiger partial charge in [0, 0.05) is 26.2 Å². The molecule has 120 valence electrons. The van der Waals surface area contributed by atoms with Crippen molar-refractivity contribution in [3.63, 3.8) is 0 Å². The maximum absolute atomic E-state index is 11.1. The summed E-state index contributed by atoms with van der Waals surface area (Å²) in [4.78, 5) is 14.8. The van der Waals surface area contributed by atoms with Crippen LogP contribution in [0, 0.1) is 0 Å². The van der Waals surface area contributed by atoms with Gasteiger partial charge in [-0.25, -0.2) is 4.79 Å². The predicted molar refractivity (Wildman–Crippen MR) is 87.6 cm³/mol. The van der Waals surface area contributed by atoms with Gasteiger partial charge in [0.05, 0.1) is 6.04 Å². The second-order valence-corrected chi connectivity index (χ2v) is 5.71. The first-order valence-corrected chi connectivity index (χ1v) is 7.71. The molecule has 0 spiro atoms. The maximum Gasteiger partial charge on any atom is 0.407 e. The van der Waals surface area contributed by atoms with Gasteiger partial charge in [0.1, 0.15) is 5.75 Å². The highest BCUT2D eigenvalue weighted by Crippen LogP contribution is 2.30. The van der Waals surface area contributed by atoms with E-state index in [-0.39, 0.29) is 11.8 Å². The zero-order valence-corrected chi connectivity index (χ0v) is 12.8. The van der Waals surface area contributed by atoms with Crippen molar-refractivity contribution in [1.82, 2.24) is 9.80 Å². The molecule has 0 bridgehead atoms. The molecule has 1 heterocycles. The second-order valence-electron chi connectivity index (χ2n) is 5.71. The molecule has 2 aromatic rings. The third-order valence-corrected chi connectivity index (χ3v) is 4.27. The normalized spacial score (nSPS) is 17.0. The van der Waals surface area contributed by atoms with Crippen molar-refractivity contribution in [1.29, 1.82) is 0 Å². The lowest BCUT2D eigenvalue weighted by atomic mass is 9.96. The van der Waals surface area contributed by atoms with Gasteiger partial charge in [-0.1, -0.05) is 42.5 Å². The van der Waals surface area contributed by atoms with E-state index >= 15 is 0 Å². The minimum Gasteiger partial charge on any atom is -0.508 e. The summed E-state index contributed by atoms with van der Waals surface area (Å²) in [6, 6.07) is 17.5. The van der Waals surface area contributed by atoms with Crippen LogP contribution in [0.5, 0.6) is 5.75 Å². The van der Waals surface area contributed by atoms with E-state index in [0.717, 1.165) is 5.56 Å². The van der Waals surface area contributed by atoms with E-state index in [4.69, 9.17) is 5.11 Å². The largest absolute Gasteiger partial charge is 0.508 e. The van der Waals surface area contributed by atoms with E-state index in [1.807, 2.05) is 30.3 Å². The Hall–Kier alpha value is -2.53. The molecule has 0 radical (unpaired) electrons. The van der Waals surface area contributed by atoms with Crippen LogP contribution in [0.4, 0.5) is 4.79 Å². The van der Waals surface area contributed by atoms with Crippen LogP contribution in [0.15, 0.2) is 54.6 Å². The molecule has 2 aromatic carbocycles. The Kier molecular flexibility index (Phi) is 4.48. The molecule has 5 nitrogen and oxygen atoms in total. The maximum atomic E-state index is 11.1. The highest BCUT2D eigenvalue weighted by molar-refractivity contribution is 5.65. The zero-order valence-electron chi connectivity index (χ0n) is 12.8. The zero-order chi connectivity index (χ0) is 16.2. The van der Waals surface area contributed by atoms with Gasteiger partial charge in [-0.15, -0.1) is 0 Å². The molecule has 2 N–H and O–H groups in total. The van der Waals surface area contributed by atoms with Crippen molar-refractivity contribution >= 4 is 6.09 Å². The smallest absolute Gasteiger partial charge is 0.407 e. The molecular weight excluding hydrogens is 292 g/mol. The van der Waals surface area contributed by atoms with Crippen LogP contribution in [-0.2, 0) is 0 Å². The summed E-state index contributed by atoms with van der Waals surface area (Å²) in [6.45, 7) is 2.40. The third kappa shape index (κ3) is 3.46. The van der Waals surface area contributed by atoms with Crippen molar-refractivity contribution < 1.29 is 15.0 Å². The van der Waals surface area contributed by atoms with Crippen LogP contribution in [0.25, 0.3) is 0 Å². The van der Waals surface area contributed by atoms with Crippen LogP contribution in [0.1, 0.15) is 17.2 Å². The average molecular weight is 312 g/mol. The Morgan fingerprint density at radius 2 is 1.43 bits per heavy atom. The number of aromatic hydroxyl groups is 1. The summed E-state index contributed by atoms with van der Waals surface area (Å²) in [5.41, 5.74) is 2.26. The number of phenols is 1. The number of piperazine rings is 1. The molecule has 0 aromatic heterocycles. The topological polar surface area (TPSA) is 64.0 Å². The first kappa shape index (κ1) is 15.4.